The molecule has 0 fully saturated rings. The van der Waals surface area contributed by atoms with E-state index in [1.807, 2.05) is 54.6 Å². The molecule has 0 aliphatic rings. The summed E-state index contributed by atoms with van der Waals surface area (Å²) in [5, 5.41) is 2.15. The average Bonchev–Trinajstić information content (AvgIpc) is 3.67. The maximum absolute atomic E-state index is 6.25. The fourth-order valence-corrected chi connectivity index (χ4v) is 7.58. The molecule has 8 aromatic carbocycles. The van der Waals surface area contributed by atoms with Gasteiger partial charge in [0.15, 0.2) is 17.5 Å². The molecule has 0 unspecified atom stereocenters. The monoisotopic (exact) mass is 729 g/mol. The van der Waals surface area contributed by atoms with E-state index in [-0.39, 0.29) is 0 Å². The Balaban J connectivity index is 1.12. The van der Waals surface area contributed by atoms with Crippen molar-refractivity contribution in [2.24, 2.45) is 0 Å². The van der Waals surface area contributed by atoms with Crippen LogP contribution in [0.25, 0.3) is 78.4 Å². The van der Waals surface area contributed by atoms with Crippen LogP contribution in [0.2, 0.25) is 0 Å². The van der Waals surface area contributed by atoms with Crippen LogP contribution < -0.4 is 0 Å². The van der Waals surface area contributed by atoms with Gasteiger partial charge in [-0.2, -0.15) is 0 Å². The van der Waals surface area contributed by atoms with Gasteiger partial charge >= 0.3 is 0 Å². The molecule has 0 bridgehead atoms. The summed E-state index contributed by atoms with van der Waals surface area (Å²) >= 11 is 0. The minimum atomic E-state index is 0.583. The highest BCUT2D eigenvalue weighted by molar-refractivity contribution is 6.06. The molecule has 0 saturated carbocycles. The smallest absolute Gasteiger partial charge is 0.164 e. The van der Waals surface area contributed by atoms with Crippen molar-refractivity contribution < 1.29 is 4.42 Å². The van der Waals surface area contributed by atoms with Crippen LogP contribution in [0.1, 0.15) is 22.3 Å². The summed E-state index contributed by atoms with van der Waals surface area (Å²) in [5.41, 5.74) is 13.5. The lowest BCUT2D eigenvalue weighted by molar-refractivity contribution is 0.669. The Bertz CT molecular complexity index is 2970. The van der Waals surface area contributed by atoms with Gasteiger partial charge < -0.3 is 4.42 Å². The van der Waals surface area contributed by atoms with Crippen LogP contribution in [0.5, 0.6) is 0 Å². The van der Waals surface area contributed by atoms with Gasteiger partial charge in [0.1, 0.15) is 11.2 Å². The summed E-state index contributed by atoms with van der Waals surface area (Å²) in [5.74, 6) is 1.79. The number of furan rings is 1. The van der Waals surface area contributed by atoms with Gasteiger partial charge in [0, 0.05) is 27.5 Å². The number of nitrogens with zero attached hydrogens (tertiary/aromatic N) is 3. The molecule has 4 nitrogen and oxygen atoms in total. The van der Waals surface area contributed by atoms with Gasteiger partial charge in [0.05, 0.1) is 0 Å². The second-order valence-corrected chi connectivity index (χ2v) is 14.0. The fourth-order valence-electron chi connectivity index (χ4n) is 7.58. The van der Waals surface area contributed by atoms with Crippen molar-refractivity contribution in [1.29, 1.82) is 0 Å². The van der Waals surface area contributed by atoms with Crippen LogP contribution in [-0.4, -0.2) is 15.0 Å². The normalized spacial score (nSPS) is 11.2. The van der Waals surface area contributed by atoms with Gasteiger partial charge in [0.25, 0.3) is 0 Å². The van der Waals surface area contributed by atoms with E-state index in [4.69, 9.17) is 19.4 Å². The highest BCUT2D eigenvalue weighted by Crippen LogP contribution is 2.39. The number of hydrogen-bond donors (Lipinski definition) is 0. The summed E-state index contributed by atoms with van der Waals surface area (Å²) < 4.78 is 6.25. The molecule has 0 saturated heterocycles. The summed E-state index contributed by atoms with van der Waals surface area (Å²) in [6.07, 6.45) is 0. The molecule has 2 heterocycles. The zero-order valence-electron chi connectivity index (χ0n) is 31.0. The van der Waals surface area contributed by atoms with E-state index in [1.54, 1.807) is 0 Å². The molecule has 0 spiro atoms. The van der Waals surface area contributed by atoms with E-state index >= 15 is 0 Å². The van der Waals surface area contributed by atoms with Gasteiger partial charge in [-0.25, -0.2) is 15.0 Å². The van der Waals surface area contributed by atoms with Crippen molar-refractivity contribution in [2.75, 3.05) is 0 Å². The molecular weight excluding hydrogens is 695 g/mol. The van der Waals surface area contributed by atoms with E-state index in [9.17, 15) is 0 Å². The second kappa shape index (κ2) is 14.9. The maximum atomic E-state index is 6.25. The first-order valence-electron chi connectivity index (χ1n) is 19.1. The third kappa shape index (κ3) is 6.70. The van der Waals surface area contributed by atoms with Gasteiger partial charge in [-0.05, 0) is 62.7 Å². The maximum Gasteiger partial charge on any atom is 0.164 e. The standard InChI is InChI=1S/C53H35N3O/c1-5-15-36(16-6-1)37-25-27-40(28-26-37)50(49(38-17-7-2-8-18-38)39-19-9-3-10-20-39)41-29-31-43(32-30-41)52-54-51(42-21-11-4-12-22-42)55-53(56-52)44-33-34-46-45-23-13-14-24-47(45)57-48(46)35-44/h1-35H. The second-order valence-electron chi connectivity index (χ2n) is 14.0. The van der Waals surface area contributed by atoms with Gasteiger partial charge in [-0.3, -0.25) is 0 Å². The molecule has 4 heteroatoms. The number of para-hydroxylation sites is 1. The molecule has 0 aliphatic heterocycles. The van der Waals surface area contributed by atoms with E-state index in [0.717, 1.165) is 72.0 Å². The SMILES string of the molecule is c1ccc(C(=C(c2ccc(-c3ccccc3)cc2)c2ccc(-c3nc(-c4ccccc4)nc(-c4ccc5c(c4)oc4ccccc45)n3)cc2)c2ccccc2)cc1. The summed E-state index contributed by atoms with van der Waals surface area (Å²) in [6.45, 7) is 0. The number of hydrogen-bond acceptors (Lipinski definition) is 4. The van der Waals surface area contributed by atoms with Crippen molar-refractivity contribution in [3.05, 3.63) is 235 Å². The van der Waals surface area contributed by atoms with Crippen molar-refractivity contribution in [3.63, 3.8) is 0 Å². The number of fused-ring (bicyclic) bond motifs is 3. The predicted octanol–water partition coefficient (Wildman–Crippen LogP) is 13.4. The Morgan fingerprint density at radius 3 is 1.21 bits per heavy atom. The van der Waals surface area contributed by atoms with Crippen molar-refractivity contribution in [3.8, 4) is 45.3 Å². The molecule has 0 amide bonds. The summed E-state index contributed by atoms with van der Waals surface area (Å²) in [4.78, 5) is 15.1. The van der Waals surface area contributed by atoms with E-state index in [2.05, 4.69) is 158 Å². The molecular formula is C53H35N3O. The fraction of sp³-hybridized carbons (Fsp3) is 0. The molecule has 57 heavy (non-hydrogen) atoms. The first-order valence-corrected chi connectivity index (χ1v) is 19.1. The molecule has 10 aromatic rings. The summed E-state index contributed by atoms with van der Waals surface area (Å²) in [6, 6.07) is 73.7. The van der Waals surface area contributed by atoms with Crippen LogP contribution in [0.4, 0.5) is 0 Å². The quantitative estimate of drug-likeness (QED) is 0.146. The summed E-state index contributed by atoms with van der Waals surface area (Å²) in [7, 11) is 0. The van der Waals surface area contributed by atoms with Crippen LogP contribution in [0, 0.1) is 0 Å². The molecule has 268 valence electrons. The Kier molecular flexibility index (Phi) is 8.82. The zero-order chi connectivity index (χ0) is 38.0. The lowest BCUT2D eigenvalue weighted by atomic mass is 9.85. The first-order chi connectivity index (χ1) is 28.2. The van der Waals surface area contributed by atoms with Crippen LogP contribution >= 0.6 is 0 Å². The highest BCUT2D eigenvalue weighted by Gasteiger charge is 2.19. The van der Waals surface area contributed by atoms with E-state index < -0.39 is 0 Å². The minimum Gasteiger partial charge on any atom is -0.456 e. The molecule has 10 rings (SSSR count). The van der Waals surface area contributed by atoms with Gasteiger partial charge in [-0.15, -0.1) is 0 Å². The third-order valence-electron chi connectivity index (χ3n) is 10.4. The Labute approximate surface area is 331 Å². The first kappa shape index (κ1) is 33.8. The molecule has 0 radical (unpaired) electrons. The third-order valence-corrected chi connectivity index (χ3v) is 10.4. The largest absolute Gasteiger partial charge is 0.456 e. The number of rotatable bonds is 8. The van der Waals surface area contributed by atoms with Crippen molar-refractivity contribution in [1.82, 2.24) is 15.0 Å². The Hall–Kier alpha value is -7.69. The topological polar surface area (TPSA) is 51.8 Å². The van der Waals surface area contributed by atoms with Gasteiger partial charge in [-0.1, -0.05) is 194 Å². The van der Waals surface area contributed by atoms with Crippen LogP contribution in [-0.2, 0) is 0 Å². The molecule has 0 aliphatic carbocycles. The van der Waals surface area contributed by atoms with Crippen molar-refractivity contribution >= 4 is 33.1 Å². The van der Waals surface area contributed by atoms with E-state index in [0.29, 0.717) is 17.5 Å². The van der Waals surface area contributed by atoms with Gasteiger partial charge in [0.2, 0.25) is 0 Å². The minimum absolute atomic E-state index is 0.583. The highest BCUT2D eigenvalue weighted by atomic mass is 16.3. The molecule has 0 N–H and O–H groups in total. The lowest BCUT2D eigenvalue weighted by Crippen LogP contribution is -2.01. The van der Waals surface area contributed by atoms with Crippen molar-refractivity contribution in [2.45, 2.75) is 0 Å². The number of benzene rings is 8. The average molecular weight is 730 g/mol. The van der Waals surface area contributed by atoms with Crippen LogP contribution in [0.15, 0.2) is 217 Å². The van der Waals surface area contributed by atoms with E-state index in [1.165, 1.54) is 11.1 Å². The predicted molar refractivity (Wildman–Crippen MR) is 233 cm³/mol. The Morgan fingerprint density at radius 2 is 0.649 bits per heavy atom. The zero-order valence-corrected chi connectivity index (χ0v) is 31.0. The molecule has 0 atom stereocenters. The Morgan fingerprint density at radius 1 is 0.281 bits per heavy atom. The van der Waals surface area contributed by atoms with Crippen LogP contribution in [0.3, 0.4) is 0 Å². The molecule has 2 aromatic heterocycles. The lowest BCUT2D eigenvalue weighted by Gasteiger charge is -2.19. The number of aromatic nitrogens is 3.